The number of hydrogen-bond donors (Lipinski definition) is 1. The molecule has 7 heteroatoms. The minimum Gasteiger partial charge on any atom is -0.325 e. The Kier molecular flexibility index (Phi) is 5.23. The molecule has 1 fully saturated rings. The molecule has 2 aromatic rings. The smallest absolute Gasteiger partial charge is 0.246 e. The highest BCUT2D eigenvalue weighted by atomic mass is 79.9. The third-order valence-electron chi connectivity index (χ3n) is 4.57. The predicted octanol–water partition coefficient (Wildman–Crippen LogP) is 4.83. The molecular formula is C18H17BrClNO3S. The Morgan fingerprint density at radius 2 is 1.56 bits per heavy atom. The lowest BCUT2D eigenvalue weighted by Crippen LogP contribution is -2.47. The summed E-state index contributed by atoms with van der Waals surface area (Å²) in [7, 11) is -3.82. The second-order valence-corrected chi connectivity index (χ2v) is 9.73. The lowest BCUT2D eigenvalue weighted by Gasteiger charge is -2.27. The fourth-order valence-electron chi connectivity index (χ4n) is 3.18. The lowest BCUT2D eigenvalue weighted by molar-refractivity contribution is -0.118. The molecule has 4 nitrogen and oxygen atoms in total. The topological polar surface area (TPSA) is 63.2 Å². The molecule has 1 aliphatic carbocycles. The van der Waals surface area contributed by atoms with E-state index in [-0.39, 0.29) is 4.90 Å². The normalized spacial score (nSPS) is 16.6. The van der Waals surface area contributed by atoms with Gasteiger partial charge < -0.3 is 5.32 Å². The first-order chi connectivity index (χ1) is 11.8. The van der Waals surface area contributed by atoms with Crippen LogP contribution in [0.15, 0.2) is 57.9 Å². The van der Waals surface area contributed by atoms with Gasteiger partial charge >= 0.3 is 0 Å². The highest BCUT2D eigenvalue weighted by Gasteiger charge is 2.52. The second-order valence-electron chi connectivity index (χ2n) is 6.12. The van der Waals surface area contributed by atoms with Gasteiger partial charge in [0.25, 0.3) is 0 Å². The Morgan fingerprint density at radius 1 is 1.00 bits per heavy atom. The van der Waals surface area contributed by atoms with E-state index in [1.165, 1.54) is 24.3 Å². The number of benzene rings is 2. The summed E-state index contributed by atoms with van der Waals surface area (Å²) in [5, 5.41) is 3.23. The highest BCUT2D eigenvalue weighted by Crippen LogP contribution is 2.41. The number of carbonyl (C=O) groups excluding carboxylic acids is 1. The third-order valence-corrected chi connectivity index (χ3v) is 7.86. The van der Waals surface area contributed by atoms with Crippen LogP contribution in [0.2, 0.25) is 5.02 Å². The molecule has 0 radical (unpaired) electrons. The fraction of sp³-hybridized carbons (Fsp3) is 0.278. The van der Waals surface area contributed by atoms with Gasteiger partial charge in [-0.15, -0.1) is 0 Å². The van der Waals surface area contributed by atoms with E-state index in [0.717, 1.165) is 4.47 Å². The van der Waals surface area contributed by atoms with Crippen LogP contribution in [0.3, 0.4) is 0 Å². The second kappa shape index (κ2) is 7.09. The molecule has 0 heterocycles. The molecule has 1 N–H and O–H groups in total. The van der Waals surface area contributed by atoms with Crippen LogP contribution in [0.5, 0.6) is 0 Å². The average Bonchev–Trinajstić information content (AvgIpc) is 3.09. The predicted molar refractivity (Wildman–Crippen MR) is 103 cm³/mol. The molecule has 25 heavy (non-hydrogen) atoms. The van der Waals surface area contributed by atoms with Crippen LogP contribution in [0.4, 0.5) is 5.69 Å². The maximum atomic E-state index is 13.2. The fourth-order valence-corrected chi connectivity index (χ4v) is 5.64. The minimum atomic E-state index is -3.82. The van der Waals surface area contributed by atoms with Crippen LogP contribution in [-0.2, 0) is 14.6 Å². The summed E-state index contributed by atoms with van der Waals surface area (Å²) in [5.74, 6) is -0.470. The van der Waals surface area contributed by atoms with Crippen LogP contribution in [0, 0.1) is 0 Å². The van der Waals surface area contributed by atoms with E-state index >= 15 is 0 Å². The summed E-state index contributed by atoms with van der Waals surface area (Å²) in [6.45, 7) is 0. The van der Waals surface area contributed by atoms with Gasteiger partial charge in [-0.25, -0.2) is 8.42 Å². The monoisotopic (exact) mass is 441 g/mol. The lowest BCUT2D eigenvalue weighted by atomic mass is 10.1. The molecule has 0 bridgehead atoms. The summed E-state index contributed by atoms with van der Waals surface area (Å²) in [5.41, 5.74) is 0.575. The van der Waals surface area contributed by atoms with Crippen molar-refractivity contribution < 1.29 is 13.2 Å². The Labute approximate surface area is 160 Å². The quantitative estimate of drug-likeness (QED) is 0.738. The van der Waals surface area contributed by atoms with Crippen molar-refractivity contribution in [3.05, 3.63) is 58.0 Å². The van der Waals surface area contributed by atoms with Gasteiger partial charge in [0.2, 0.25) is 5.91 Å². The molecular weight excluding hydrogens is 426 g/mol. The summed E-state index contributed by atoms with van der Waals surface area (Å²) in [6.07, 6.45) is 2.06. The molecule has 132 valence electrons. The Balaban J connectivity index is 1.96. The van der Waals surface area contributed by atoms with Gasteiger partial charge in [0.1, 0.15) is 0 Å². The van der Waals surface area contributed by atoms with Crippen molar-refractivity contribution in [2.24, 2.45) is 0 Å². The van der Waals surface area contributed by atoms with Crippen molar-refractivity contribution in [3.8, 4) is 0 Å². The van der Waals surface area contributed by atoms with Crippen molar-refractivity contribution in [3.63, 3.8) is 0 Å². The number of amides is 1. The van der Waals surface area contributed by atoms with E-state index in [0.29, 0.717) is 36.4 Å². The van der Waals surface area contributed by atoms with Gasteiger partial charge in [-0.1, -0.05) is 40.4 Å². The number of rotatable bonds is 4. The van der Waals surface area contributed by atoms with Crippen LogP contribution in [0.1, 0.15) is 25.7 Å². The Morgan fingerprint density at radius 3 is 2.12 bits per heavy atom. The van der Waals surface area contributed by atoms with Crippen LogP contribution in [-0.4, -0.2) is 19.1 Å². The number of sulfone groups is 1. The summed E-state index contributed by atoms with van der Waals surface area (Å²) >= 11 is 9.20. The summed E-state index contributed by atoms with van der Waals surface area (Å²) in [4.78, 5) is 13.1. The number of halogens is 2. The highest BCUT2D eigenvalue weighted by molar-refractivity contribution is 9.10. The van der Waals surface area contributed by atoms with Gasteiger partial charge in [-0.05, 0) is 61.4 Å². The van der Waals surface area contributed by atoms with Gasteiger partial charge in [-0.2, -0.15) is 0 Å². The maximum Gasteiger partial charge on any atom is 0.246 e. The average molecular weight is 443 g/mol. The molecule has 0 spiro atoms. The van der Waals surface area contributed by atoms with Gasteiger partial charge in [-0.3, -0.25) is 4.79 Å². The largest absolute Gasteiger partial charge is 0.325 e. The number of carbonyl (C=O) groups is 1. The number of nitrogens with one attached hydrogen (secondary N) is 1. The van der Waals surface area contributed by atoms with Crippen LogP contribution >= 0.6 is 27.5 Å². The van der Waals surface area contributed by atoms with E-state index in [1.54, 1.807) is 24.3 Å². The molecule has 0 aliphatic heterocycles. The first kappa shape index (κ1) is 18.4. The SMILES string of the molecule is O=C(Nc1ccc(Br)cc1)C1(S(=O)(=O)c2ccc(Cl)cc2)CCCC1. The van der Waals surface area contributed by atoms with Crippen molar-refractivity contribution in [1.82, 2.24) is 0 Å². The molecule has 3 rings (SSSR count). The Bertz CT molecular complexity index is 874. The van der Waals surface area contributed by atoms with E-state index in [2.05, 4.69) is 21.2 Å². The molecule has 2 aromatic carbocycles. The maximum absolute atomic E-state index is 13.2. The standard InChI is InChI=1S/C18H17BrClNO3S/c19-13-3-7-15(8-4-13)21-17(22)18(11-1-2-12-18)25(23,24)16-9-5-14(20)6-10-16/h3-10H,1-2,11-12H2,(H,21,22). The number of hydrogen-bond acceptors (Lipinski definition) is 3. The third kappa shape index (κ3) is 3.48. The van der Waals surface area contributed by atoms with Crippen LogP contribution in [0.25, 0.3) is 0 Å². The molecule has 1 amide bonds. The van der Waals surface area contributed by atoms with Gasteiger partial charge in [0, 0.05) is 15.2 Å². The van der Waals surface area contributed by atoms with Gasteiger partial charge in [0.15, 0.2) is 14.6 Å². The molecule has 0 unspecified atom stereocenters. The number of anilines is 1. The summed E-state index contributed by atoms with van der Waals surface area (Å²) in [6, 6.07) is 13.1. The van der Waals surface area contributed by atoms with Crippen molar-refractivity contribution in [1.29, 1.82) is 0 Å². The van der Waals surface area contributed by atoms with Crippen molar-refractivity contribution in [2.75, 3.05) is 5.32 Å². The molecule has 0 atom stereocenters. The zero-order valence-electron chi connectivity index (χ0n) is 13.3. The van der Waals surface area contributed by atoms with E-state index in [1.807, 2.05) is 0 Å². The molecule has 0 aromatic heterocycles. The molecule has 1 aliphatic rings. The van der Waals surface area contributed by atoms with Gasteiger partial charge in [0.05, 0.1) is 4.90 Å². The first-order valence-corrected chi connectivity index (χ1v) is 10.6. The van der Waals surface area contributed by atoms with E-state index in [4.69, 9.17) is 11.6 Å². The van der Waals surface area contributed by atoms with Crippen molar-refractivity contribution >= 4 is 49.0 Å². The van der Waals surface area contributed by atoms with E-state index in [9.17, 15) is 13.2 Å². The minimum absolute atomic E-state index is 0.129. The van der Waals surface area contributed by atoms with Crippen LogP contribution < -0.4 is 5.32 Å². The van der Waals surface area contributed by atoms with Crippen molar-refractivity contribution in [2.45, 2.75) is 35.3 Å². The molecule has 0 saturated heterocycles. The van der Waals surface area contributed by atoms with E-state index < -0.39 is 20.5 Å². The zero-order valence-corrected chi connectivity index (χ0v) is 16.5. The Hall–Kier alpha value is -1.37. The summed E-state index contributed by atoms with van der Waals surface area (Å²) < 4.78 is 25.9. The molecule has 1 saturated carbocycles. The zero-order chi connectivity index (χ0) is 18.1. The first-order valence-electron chi connectivity index (χ1n) is 7.92.